The van der Waals surface area contributed by atoms with E-state index in [-0.39, 0.29) is 15.0 Å². The number of hydrogen-bond acceptors (Lipinski definition) is 4. The standard InChI is InChI=1S/C7H5IN2O4S/c1-14-6-5(10-9)3-2-4(8)7(6)15(11,12)13/h2-3H,1H3/p+1. The number of diazo groups is 1. The number of methoxy groups -OCH3 is 1. The molecule has 0 aliphatic heterocycles. The molecule has 0 saturated heterocycles. The van der Waals surface area contributed by atoms with Gasteiger partial charge in [0.2, 0.25) is 11.1 Å². The normalized spacial score (nSPS) is 10.8. The molecule has 0 bridgehead atoms. The smallest absolute Gasteiger partial charge is 0.427 e. The van der Waals surface area contributed by atoms with Crippen LogP contribution in [0.15, 0.2) is 17.0 Å². The topological polar surface area (TPSA) is 91.8 Å². The van der Waals surface area contributed by atoms with E-state index in [1.807, 2.05) is 0 Å². The zero-order valence-corrected chi connectivity index (χ0v) is 10.5. The lowest BCUT2D eigenvalue weighted by Crippen LogP contribution is -2.04. The fraction of sp³-hybridized carbons (Fsp3) is 0.143. The van der Waals surface area contributed by atoms with E-state index in [0.717, 1.165) is 0 Å². The molecule has 0 atom stereocenters. The Kier molecular flexibility index (Phi) is 3.48. The summed E-state index contributed by atoms with van der Waals surface area (Å²) in [5.41, 5.74) is -0.0643. The largest absolute Gasteiger partial charge is 0.488 e. The molecule has 0 heterocycles. The van der Waals surface area contributed by atoms with Gasteiger partial charge < -0.3 is 4.74 Å². The van der Waals surface area contributed by atoms with Crippen molar-refractivity contribution < 1.29 is 17.7 Å². The van der Waals surface area contributed by atoms with Crippen molar-refractivity contribution in [2.24, 2.45) is 0 Å². The third-order valence-electron chi connectivity index (χ3n) is 1.61. The van der Waals surface area contributed by atoms with Crippen molar-refractivity contribution >= 4 is 38.4 Å². The number of nitrogens with zero attached hydrogens (tertiary/aromatic N) is 2. The molecule has 1 aromatic carbocycles. The highest BCUT2D eigenvalue weighted by Gasteiger charge is 2.28. The van der Waals surface area contributed by atoms with E-state index in [1.54, 1.807) is 22.6 Å². The van der Waals surface area contributed by atoms with E-state index in [2.05, 4.69) is 4.98 Å². The summed E-state index contributed by atoms with van der Waals surface area (Å²) in [6.45, 7) is 0. The number of rotatable bonds is 2. The lowest BCUT2D eigenvalue weighted by atomic mass is 10.3. The van der Waals surface area contributed by atoms with Crippen LogP contribution < -0.4 is 4.74 Å². The maximum atomic E-state index is 11.0. The van der Waals surface area contributed by atoms with Crippen LogP contribution in [0.2, 0.25) is 0 Å². The lowest BCUT2D eigenvalue weighted by Gasteiger charge is -2.04. The maximum Gasteiger partial charge on any atom is 0.427 e. The Bertz CT molecular complexity index is 535. The first-order chi connectivity index (χ1) is 6.91. The van der Waals surface area contributed by atoms with E-state index < -0.39 is 15.0 Å². The van der Waals surface area contributed by atoms with Gasteiger partial charge in [0.25, 0.3) is 10.1 Å². The fourth-order valence-corrected chi connectivity index (χ4v) is 3.04. The Morgan fingerprint density at radius 2 is 2.13 bits per heavy atom. The van der Waals surface area contributed by atoms with Gasteiger partial charge in [0.15, 0.2) is 9.87 Å². The summed E-state index contributed by atoms with van der Waals surface area (Å²) in [4.78, 5) is 2.45. The van der Waals surface area contributed by atoms with Crippen molar-refractivity contribution in [3.8, 4) is 5.75 Å². The molecule has 0 unspecified atom stereocenters. The number of hydrogen-bond donors (Lipinski definition) is 1. The molecule has 0 spiro atoms. The van der Waals surface area contributed by atoms with Crippen molar-refractivity contribution in [3.63, 3.8) is 0 Å². The quantitative estimate of drug-likeness (QED) is 0.505. The molecule has 0 aromatic heterocycles. The second-order valence-electron chi connectivity index (χ2n) is 2.50. The number of ether oxygens (including phenoxy) is 1. The number of benzene rings is 1. The van der Waals surface area contributed by atoms with Crippen LogP contribution in [-0.2, 0) is 10.1 Å². The van der Waals surface area contributed by atoms with Gasteiger partial charge in [-0.1, -0.05) is 0 Å². The second-order valence-corrected chi connectivity index (χ2v) is 5.02. The monoisotopic (exact) mass is 341 g/mol. The van der Waals surface area contributed by atoms with Gasteiger partial charge in [-0.25, -0.2) is 0 Å². The van der Waals surface area contributed by atoms with Gasteiger partial charge in [-0.3, -0.25) is 4.55 Å². The van der Waals surface area contributed by atoms with E-state index in [4.69, 9.17) is 14.7 Å². The van der Waals surface area contributed by atoms with E-state index in [9.17, 15) is 8.42 Å². The Labute approximate surface area is 99.8 Å². The van der Waals surface area contributed by atoms with Crippen LogP contribution >= 0.6 is 22.6 Å². The maximum absolute atomic E-state index is 11.0. The van der Waals surface area contributed by atoms with E-state index >= 15 is 0 Å². The molecule has 80 valence electrons. The highest BCUT2D eigenvalue weighted by Crippen LogP contribution is 2.37. The van der Waals surface area contributed by atoms with Gasteiger partial charge in [-0.05, 0) is 28.7 Å². The minimum absolute atomic E-state index is 0.0643. The molecular formula is C7H6IN2O4S+. The Morgan fingerprint density at radius 3 is 2.53 bits per heavy atom. The summed E-state index contributed by atoms with van der Waals surface area (Å²) in [5.74, 6) is -0.188. The van der Waals surface area contributed by atoms with E-state index in [0.29, 0.717) is 0 Å². The van der Waals surface area contributed by atoms with Crippen LogP contribution in [0.4, 0.5) is 5.69 Å². The SMILES string of the molecule is COc1c([N+]#N)ccc(I)c1S(=O)(=O)O. The van der Waals surface area contributed by atoms with Crippen LogP contribution in [0, 0.1) is 8.96 Å². The fourth-order valence-electron chi connectivity index (χ4n) is 1.04. The van der Waals surface area contributed by atoms with Gasteiger partial charge in [0, 0.05) is 9.64 Å². The predicted octanol–water partition coefficient (Wildman–Crippen LogP) is 2.03. The van der Waals surface area contributed by atoms with Gasteiger partial charge in [-0.2, -0.15) is 8.42 Å². The van der Waals surface area contributed by atoms with Crippen molar-refractivity contribution in [1.82, 2.24) is 0 Å². The lowest BCUT2D eigenvalue weighted by molar-refractivity contribution is 0.399. The van der Waals surface area contributed by atoms with Crippen LogP contribution in [0.5, 0.6) is 5.75 Å². The van der Waals surface area contributed by atoms with Gasteiger partial charge in [0.05, 0.1) is 7.11 Å². The minimum atomic E-state index is -4.41. The first-order valence-electron chi connectivity index (χ1n) is 3.61. The summed E-state index contributed by atoms with van der Waals surface area (Å²) in [6, 6.07) is 2.76. The molecule has 1 N–H and O–H groups in total. The third-order valence-corrected chi connectivity index (χ3v) is 3.80. The minimum Gasteiger partial charge on any atom is -0.488 e. The van der Waals surface area contributed by atoms with Crippen LogP contribution in [0.1, 0.15) is 0 Å². The molecule has 1 rings (SSSR count). The average Bonchev–Trinajstić information content (AvgIpc) is 2.15. The highest BCUT2D eigenvalue weighted by molar-refractivity contribution is 14.1. The van der Waals surface area contributed by atoms with Gasteiger partial charge >= 0.3 is 5.69 Å². The molecule has 0 aliphatic rings. The summed E-state index contributed by atoms with van der Waals surface area (Å²) < 4.78 is 36.1. The molecule has 0 saturated carbocycles. The van der Waals surface area contributed by atoms with Crippen molar-refractivity contribution in [3.05, 3.63) is 20.7 Å². The first-order valence-corrected chi connectivity index (χ1v) is 6.12. The van der Waals surface area contributed by atoms with E-state index in [1.165, 1.54) is 19.2 Å². The summed E-state index contributed by atoms with van der Waals surface area (Å²) in [7, 11) is -3.20. The Hall–Kier alpha value is -0.920. The molecule has 0 aliphatic carbocycles. The molecular weight excluding hydrogens is 335 g/mol. The zero-order chi connectivity index (χ0) is 11.6. The van der Waals surface area contributed by atoms with Gasteiger partial charge in [0.1, 0.15) is 0 Å². The first kappa shape index (κ1) is 12.2. The summed E-state index contributed by atoms with van der Waals surface area (Å²) in [5, 5.41) is 8.60. The van der Waals surface area contributed by atoms with Crippen LogP contribution in [0.3, 0.4) is 0 Å². The average molecular weight is 341 g/mol. The summed E-state index contributed by atoms with van der Waals surface area (Å²) >= 11 is 1.73. The van der Waals surface area contributed by atoms with Crippen molar-refractivity contribution in [2.75, 3.05) is 7.11 Å². The molecule has 0 amide bonds. The predicted molar refractivity (Wildman–Crippen MR) is 60.3 cm³/mol. The Balaban J connectivity index is 3.71. The van der Waals surface area contributed by atoms with Gasteiger partial charge in [-0.15, -0.1) is 0 Å². The Morgan fingerprint density at radius 1 is 1.53 bits per heavy atom. The van der Waals surface area contributed by atoms with Crippen LogP contribution in [-0.4, -0.2) is 20.1 Å². The molecule has 15 heavy (non-hydrogen) atoms. The zero-order valence-electron chi connectivity index (χ0n) is 7.51. The molecule has 0 fully saturated rings. The second kappa shape index (κ2) is 4.30. The molecule has 0 radical (unpaired) electrons. The molecule has 8 heteroatoms. The number of halogens is 1. The highest BCUT2D eigenvalue weighted by atomic mass is 127. The van der Waals surface area contributed by atoms with Crippen molar-refractivity contribution in [2.45, 2.75) is 4.90 Å². The summed E-state index contributed by atoms with van der Waals surface area (Å²) in [6.07, 6.45) is 0. The van der Waals surface area contributed by atoms with Crippen molar-refractivity contribution in [1.29, 1.82) is 5.39 Å². The molecule has 6 nitrogen and oxygen atoms in total. The van der Waals surface area contributed by atoms with Crippen LogP contribution in [0.25, 0.3) is 4.98 Å². The third kappa shape index (κ3) is 2.36. The molecule has 1 aromatic rings.